The Labute approximate surface area is 224 Å². The molecule has 2 aliphatic rings. The number of hydrogen-bond acceptors (Lipinski definition) is 6. The summed E-state index contributed by atoms with van der Waals surface area (Å²) < 4.78 is 32.5. The summed E-state index contributed by atoms with van der Waals surface area (Å²) in [6, 6.07) is 18.8. The summed E-state index contributed by atoms with van der Waals surface area (Å²) in [7, 11) is 0. The Balaban J connectivity index is 1.36. The zero-order chi connectivity index (χ0) is 27.7. The standard InChI is InChI=1S/C30H31F2NO6/c31-20-10-4-17(5-11-20)2-1-3-23-25(33(30(23)38)22-14-12-21(32)13-15-22)18-6-8-19(9-7-18)29-28(37)27(36)26(35)24(16-34)39-29/h4-15,23-29,34-37H,1-3,16H2/t23-,24-,25-,26-,27+,28-,29+/m1/s1. The lowest BCUT2D eigenvalue weighted by Crippen LogP contribution is -2.55. The van der Waals surface area contributed by atoms with E-state index in [9.17, 15) is 34.0 Å². The molecule has 0 spiro atoms. The van der Waals surface area contributed by atoms with Crippen LogP contribution in [-0.2, 0) is 16.0 Å². The van der Waals surface area contributed by atoms with Gasteiger partial charge in [0.15, 0.2) is 0 Å². The van der Waals surface area contributed by atoms with E-state index < -0.39 is 42.9 Å². The van der Waals surface area contributed by atoms with E-state index in [2.05, 4.69) is 0 Å². The van der Waals surface area contributed by atoms with Gasteiger partial charge in [-0.05, 0) is 72.4 Å². The van der Waals surface area contributed by atoms with Crippen LogP contribution in [-0.4, -0.2) is 57.4 Å². The van der Waals surface area contributed by atoms with Crippen LogP contribution in [0.2, 0.25) is 0 Å². The summed E-state index contributed by atoms with van der Waals surface area (Å²) >= 11 is 0. The normalized spacial score (nSPS) is 28.8. The maximum Gasteiger partial charge on any atom is 0.233 e. The van der Waals surface area contributed by atoms with Crippen LogP contribution in [0.1, 0.15) is 41.7 Å². The number of aryl methyl sites for hydroxylation is 1. The van der Waals surface area contributed by atoms with Gasteiger partial charge in [0.1, 0.15) is 42.2 Å². The number of rotatable bonds is 8. The minimum absolute atomic E-state index is 0.0660. The lowest BCUT2D eigenvalue weighted by molar-refractivity contribution is -0.231. The van der Waals surface area contributed by atoms with Crippen molar-refractivity contribution in [3.05, 3.63) is 101 Å². The number of nitrogens with zero attached hydrogens (tertiary/aromatic N) is 1. The predicted molar refractivity (Wildman–Crippen MR) is 139 cm³/mol. The first-order valence-corrected chi connectivity index (χ1v) is 13.0. The quantitative estimate of drug-likeness (QED) is 0.328. The molecule has 39 heavy (non-hydrogen) atoms. The second-order valence-corrected chi connectivity index (χ2v) is 10.2. The van der Waals surface area contributed by atoms with Crippen LogP contribution < -0.4 is 4.90 Å². The molecule has 5 rings (SSSR count). The summed E-state index contributed by atoms with van der Waals surface area (Å²) in [5.74, 6) is -1.07. The van der Waals surface area contributed by atoms with Gasteiger partial charge in [-0.1, -0.05) is 36.4 Å². The Kier molecular flexibility index (Phi) is 8.06. The number of benzene rings is 3. The van der Waals surface area contributed by atoms with Crippen molar-refractivity contribution in [2.75, 3.05) is 11.5 Å². The highest BCUT2D eigenvalue weighted by atomic mass is 19.1. The van der Waals surface area contributed by atoms with Gasteiger partial charge in [-0.2, -0.15) is 0 Å². The van der Waals surface area contributed by atoms with Crippen molar-refractivity contribution in [3.63, 3.8) is 0 Å². The number of amides is 1. The summed E-state index contributed by atoms with van der Waals surface area (Å²) in [5, 5.41) is 40.2. The Morgan fingerprint density at radius 1 is 0.769 bits per heavy atom. The minimum Gasteiger partial charge on any atom is -0.394 e. The highest BCUT2D eigenvalue weighted by molar-refractivity contribution is 6.03. The molecule has 0 bridgehead atoms. The molecule has 3 aromatic rings. The van der Waals surface area contributed by atoms with Crippen molar-refractivity contribution in [1.82, 2.24) is 0 Å². The van der Waals surface area contributed by atoms with E-state index in [4.69, 9.17) is 4.74 Å². The van der Waals surface area contributed by atoms with Crippen LogP contribution in [0.5, 0.6) is 0 Å². The third-order valence-electron chi connectivity index (χ3n) is 7.71. The number of β-lactam (4-membered cyclic amide) rings is 1. The van der Waals surface area contributed by atoms with Gasteiger partial charge < -0.3 is 30.1 Å². The van der Waals surface area contributed by atoms with Gasteiger partial charge >= 0.3 is 0 Å². The smallest absolute Gasteiger partial charge is 0.233 e. The van der Waals surface area contributed by atoms with E-state index in [0.717, 1.165) is 17.5 Å². The molecule has 4 N–H and O–H groups in total. The number of hydrogen-bond donors (Lipinski definition) is 4. The number of aliphatic hydroxyl groups excluding tert-OH is 4. The van der Waals surface area contributed by atoms with Gasteiger partial charge in [-0.3, -0.25) is 4.79 Å². The molecule has 7 nitrogen and oxygen atoms in total. The largest absolute Gasteiger partial charge is 0.394 e. The van der Waals surface area contributed by atoms with Gasteiger partial charge in [0.25, 0.3) is 0 Å². The summed E-state index contributed by atoms with van der Waals surface area (Å²) in [5.41, 5.74) is 2.94. The first-order chi connectivity index (χ1) is 18.8. The molecule has 0 aliphatic carbocycles. The molecule has 1 amide bonds. The topological polar surface area (TPSA) is 110 Å². The average Bonchev–Trinajstić information content (AvgIpc) is 2.95. The molecule has 9 heteroatoms. The van der Waals surface area contributed by atoms with E-state index in [1.165, 1.54) is 24.3 Å². The van der Waals surface area contributed by atoms with E-state index in [-0.39, 0.29) is 23.7 Å². The minimum atomic E-state index is -1.48. The molecular weight excluding hydrogens is 508 g/mol. The Hall–Kier alpha value is -3.21. The molecule has 2 aliphatic heterocycles. The molecule has 206 valence electrons. The van der Waals surface area contributed by atoms with Crippen molar-refractivity contribution in [3.8, 4) is 0 Å². The second kappa shape index (κ2) is 11.5. The average molecular weight is 540 g/mol. The summed E-state index contributed by atoms with van der Waals surface area (Å²) in [4.78, 5) is 14.9. The van der Waals surface area contributed by atoms with E-state index in [1.54, 1.807) is 41.3 Å². The molecular formula is C30H31F2NO6. The van der Waals surface area contributed by atoms with Crippen molar-refractivity contribution < 1.29 is 38.7 Å². The van der Waals surface area contributed by atoms with Crippen molar-refractivity contribution >= 4 is 11.6 Å². The highest BCUT2D eigenvalue weighted by Crippen LogP contribution is 2.46. The maximum absolute atomic E-state index is 13.6. The van der Waals surface area contributed by atoms with E-state index >= 15 is 0 Å². The van der Waals surface area contributed by atoms with Crippen LogP contribution in [0, 0.1) is 17.6 Å². The molecule has 0 unspecified atom stereocenters. The first kappa shape index (κ1) is 27.4. The highest BCUT2D eigenvalue weighted by Gasteiger charge is 2.48. The lowest BCUT2D eigenvalue weighted by Gasteiger charge is -2.48. The monoisotopic (exact) mass is 539 g/mol. The molecule has 2 heterocycles. The summed E-state index contributed by atoms with van der Waals surface area (Å²) in [6.45, 7) is -0.518. The number of ether oxygens (including phenoxy) is 1. The fourth-order valence-electron chi connectivity index (χ4n) is 5.54. The van der Waals surface area contributed by atoms with Gasteiger partial charge in [0.2, 0.25) is 5.91 Å². The van der Waals surface area contributed by atoms with Gasteiger partial charge in [0, 0.05) is 5.69 Å². The van der Waals surface area contributed by atoms with Crippen LogP contribution >= 0.6 is 0 Å². The van der Waals surface area contributed by atoms with E-state index in [1.807, 2.05) is 12.1 Å². The number of aliphatic hydroxyl groups is 4. The van der Waals surface area contributed by atoms with Gasteiger partial charge in [-0.15, -0.1) is 0 Å². The molecule has 0 saturated carbocycles. The predicted octanol–water partition coefficient (Wildman–Crippen LogP) is 3.21. The van der Waals surface area contributed by atoms with Gasteiger partial charge in [-0.25, -0.2) is 8.78 Å². The fraction of sp³-hybridized carbons (Fsp3) is 0.367. The van der Waals surface area contributed by atoms with Crippen LogP contribution in [0.4, 0.5) is 14.5 Å². The molecule has 0 aromatic heterocycles. The Bertz CT molecular complexity index is 1270. The van der Waals surface area contributed by atoms with Crippen LogP contribution in [0.3, 0.4) is 0 Å². The van der Waals surface area contributed by atoms with E-state index in [0.29, 0.717) is 24.1 Å². The van der Waals surface area contributed by atoms with Crippen LogP contribution in [0.25, 0.3) is 0 Å². The Morgan fingerprint density at radius 2 is 1.36 bits per heavy atom. The molecule has 2 saturated heterocycles. The molecule has 2 fully saturated rings. The molecule has 0 radical (unpaired) electrons. The zero-order valence-corrected chi connectivity index (χ0v) is 21.1. The first-order valence-electron chi connectivity index (χ1n) is 13.0. The maximum atomic E-state index is 13.6. The number of carbonyl (C=O) groups is 1. The fourth-order valence-corrected chi connectivity index (χ4v) is 5.54. The number of halogens is 2. The van der Waals surface area contributed by atoms with Crippen LogP contribution in [0.15, 0.2) is 72.8 Å². The summed E-state index contributed by atoms with van der Waals surface area (Å²) in [6.07, 6.45) is -4.27. The van der Waals surface area contributed by atoms with Crippen molar-refractivity contribution in [1.29, 1.82) is 0 Å². The third-order valence-corrected chi connectivity index (χ3v) is 7.71. The third kappa shape index (κ3) is 5.46. The van der Waals surface area contributed by atoms with Gasteiger partial charge in [0.05, 0.1) is 18.6 Å². The number of anilines is 1. The molecule has 7 atom stereocenters. The molecule has 3 aromatic carbocycles. The zero-order valence-electron chi connectivity index (χ0n) is 21.1. The Morgan fingerprint density at radius 3 is 1.97 bits per heavy atom. The lowest BCUT2D eigenvalue weighted by atomic mass is 9.78. The second-order valence-electron chi connectivity index (χ2n) is 10.2. The van der Waals surface area contributed by atoms with Crippen molar-refractivity contribution in [2.45, 2.75) is 55.8 Å². The number of carbonyl (C=O) groups excluding carboxylic acids is 1. The van der Waals surface area contributed by atoms with Crippen molar-refractivity contribution in [2.24, 2.45) is 5.92 Å². The SMILES string of the molecule is O=C1[C@H](CCCc2ccc(F)cc2)[C@@H](c2ccc([C@@H]3O[C@H](CO)[C@@H](O)[C@H](O)[C@H]3O)cc2)N1c1ccc(F)cc1.